The van der Waals surface area contributed by atoms with Gasteiger partial charge in [-0.1, -0.05) is 24.3 Å². The molecule has 1 N–H and O–H groups in total. The van der Waals surface area contributed by atoms with E-state index in [-0.39, 0.29) is 11.4 Å². The molecule has 4 rings (SSSR count). The van der Waals surface area contributed by atoms with Crippen molar-refractivity contribution in [1.29, 1.82) is 0 Å². The second-order valence-corrected chi connectivity index (χ2v) is 7.38. The molecule has 0 spiro atoms. The molecule has 3 heterocycles. The van der Waals surface area contributed by atoms with Crippen LogP contribution in [0.3, 0.4) is 0 Å². The first kappa shape index (κ1) is 16.4. The molecule has 0 amide bonds. The third-order valence-corrected chi connectivity index (χ3v) is 5.42. The summed E-state index contributed by atoms with van der Waals surface area (Å²) in [6.07, 6.45) is 4.78. The number of fused-ring (bicyclic) bond motifs is 1. The fraction of sp³-hybridized carbons (Fsp3) is 0.0526. The summed E-state index contributed by atoms with van der Waals surface area (Å²) in [5.74, 6) is 0.589. The van der Waals surface area contributed by atoms with Crippen LogP contribution in [0.15, 0.2) is 82.6 Å². The molecule has 0 saturated carbocycles. The van der Waals surface area contributed by atoms with Gasteiger partial charge in [0.05, 0.1) is 11.8 Å². The molecule has 0 bridgehead atoms. The van der Waals surface area contributed by atoms with Crippen LogP contribution in [0.2, 0.25) is 0 Å². The third kappa shape index (κ3) is 3.10. The lowest BCUT2D eigenvalue weighted by molar-refractivity contribution is 0.575. The Hall–Kier alpha value is -3.03. The Morgan fingerprint density at radius 2 is 1.73 bits per heavy atom. The predicted octanol–water partition coefficient (Wildman–Crippen LogP) is 3.37. The number of nitrogens with one attached hydrogen (secondary N) is 1. The van der Waals surface area contributed by atoms with Crippen LogP contribution in [0.1, 0.15) is 5.56 Å². The Labute approximate surface area is 150 Å². The van der Waals surface area contributed by atoms with Gasteiger partial charge in [-0.3, -0.25) is 9.97 Å². The molecule has 3 aromatic heterocycles. The van der Waals surface area contributed by atoms with E-state index in [1.807, 2.05) is 18.2 Å². The van der Waals surface area contributed by atoms with E-state index in [1.165, 1.54) is 0 Å². The summed E-state index contributed by atoms with van der Waals surface area (Å²) in [5, 5.41) is 0.771. The van der Waals surface area contributed by atoms with E-state index in [2.05, 4.69) is 14.7 Å². The number of aromatic nitrogens is 2. The van der Waals surface area contributed by atoms with Gasteiger partial charge in [-0.05, 0) is 35.9 Å². The summed E-state index contributed by atoms with van der Waals surface area (Å²) in [6, 6.07) is 15.8. The van der Waals surface area contributed by atoms with Gasteiger partial charge in [-0.2, -0.15) is 0 Å². The highest BCUT2D eigenvalue weighted by Crippen LogP contribution is 2.23. The maximum atomic E-state index is 12.8. The van der Waals surface area contributed by atoms with Crippen LogP contribution in [0.5, 0.6) is 0 Å². The maximum absolute atomic E-state index is 12.8. The van der Waals surface area contributed by atoms with E-state index in [4.69, 9.17) is 4.42 Å². The molecule has 6 nitrogen and oxygen atoms in total. The van der Waals surface area contributed by atoms with E-state index in [1.54, 1.807) is 55.1 Å². The van der Waals surface area contributed by atoms with Gasteiger partial charge in [0.25, 0.3) is 0 Å². The standard InChI is InChI=1S/C19H15N3O3S/c23-26(24,17-9-1-5-14-6-2-11-21-19(14)17)22-13-15-7-3-10-20-18(15)16-8-4-12-25-16/h1-12,22H,13H2. The summed E-state index contributed by atoms with van der Waals surface area (Å²) < 4.78 is 33.7. The average molecular weight is 365 g/mol. The molecule has 130 valence electrons. The molecular weight excluding hydrogens is 350 g/mol. The van der Waals surface area contributed by atoms with Gasteiger partial charge < -0.3 is 4.42 Å². The number of benzene rings is 1. The van der Waals surface area contributed by atoms with Gasteiger partial charge >= 0.3 is 0 Å². The Morgan fingerprint density at radius 3 is 2.58 bits per heavy atom. The first-order chi connectivity index (χ1) is 12.6. The smallest absolute Gasteiger partial charge is 0.243 e. The molecule has 0 aliphatic rings. The van der Waals surface area contributed by atoms with E-state index in [9.17, 15) is 8.42 Å². The average Bonchev–Trinajstić information content (AvgIpc) is 3.21. The number of furan rings is 1. The van der Waals surface area contributed by atoms with E-state index in [0.29, 0.717) is 17.0 Å². The van der Waals surface area contributed by atoms with Crippen molar-refractivity contribution in [3.8, 4) is 11.5 Å². The lowest BCUT2D eigenvalue weighted by atomic mass is 10.1. The molecule has 0 radical (unpaired) electrons. The van der Waals surface area contributed by atoms with Gasteiger partial charge in [0, 0.05) is 24.3 Å². The van der Waals surface area contributed by atoms with Gasteiger partial charge in [0.2, 0.25) is 10.0 Å². The van der Waals surface area contributed by atoms with Crippen molar-refractivity contribution in [2.75, 3.05) is 0 Å². The summed E-state index contributed by atoms with van der Waals surface area (Å²) in [5.41, 5.74) is 1.77. The topological polar surface area (TPSA) is 85.1 Å². The molecule has 0 aliphatic heterocycles. The van der Waals surface area contributed by atoms with Crippen LogP contribution in [0.4, 0.5) is 0 Å². The first-order valence-corrected chi connectivity index (χ1v) is 9.45. The highest BCUT2D eigenvalue weighted by atomic mass is 32.2. The number of nitrogens with zero attached hydrogens (tertiary/aromatic N) is 2. The molecule has 0 fully saturated rings. The molecular formula is C19H15N3O3S. The Bertz CT molecular complexity index is 1150. The summed E-state index contributed by atoms with van der Waals surface area (Å²) in [4.78, 5) is 8.67. The zero-order valence-corrected chi connectivity index (χ0v) is 14.5. The van der Waals surface area contributed by atoms with Crippen molar-refractivity contribution in [3.63, 3.8) is 0 Å². The number of hydrogen-bond donors (Lipinski definition) is 1. The summed E-state index contributed by atoms with van der Waals surface area (Å²) in [6.45, 7) is 0.0927. The van der Waals surface area contributed by atoms with Gasteiger partial charge in [-0.25, -0.2) is 13.1 Å². The second kappa shape index (κ2) is 6.70. The molecule has 1 aromatic carbocycles. The number of hydrogen-bond acceptors (Lipinski definition) is 5. The molecule has 26 heavy (non-hydrogen) atoms. The summed E-state index contributed by atoms with van der Waals surface area (Å²) in [7, 11) is -3.74. The van der Waals surface area contributed by atoms with Crippen LogP contribution in [-0.2, 0) is 16.6 Å². The van der Waals surface area contributed by atoms with E-state index < -0.39 is 10.0 Å². The molecule has 4 aromatic rings. The van der Waals surface area contributed by atoms with Crippen LogP contribution in [0, 0.1) is 0 Å². The fourth-order valence-electron chi connectivity index (χ4n) is 2.76. The predicted molar refractivity (Wildman–Crippen MR) is 97.7 cm³/mol. The first-order valence-electron chi connectivity index (χ1n) is 7.96. The van der Waals surface area contributed by atoms with Crippen molar-refractivity contribution >= 4 is 20.9 Å². The van der Waals surface area contributed by atoms with Crippen LogP contribution < -0.4 is 4.72 Å². The van der Waals surface area contributed by atoms with Crippen LogP contribution in [0.25, 0.3) is 22.4 Å². The molecule has 0 aliphatic carbocycles. The van der Waals surface area contributed by atoms with Crippen molar-refractivity contribution in [2.45, 2.75) is 11.4 Å². The van der Waals surface area contributed by atoms with Crippen molar-refractivity contribution in [2.24, 2.45) is 0 Å². The number of rotatable bonds is 5. The Kier molecular flexibility index (Phi) is 4.24. The minimum atomic E-state index is -3.74. The van der Waals surface area contributed by atoms with Crippen LogP contribution in [-0.4, -0.2) is 18.4 Å². The third-order valence-electron chi connectivity index (χ3n) is 3.98. The zero-order chi connectivity index (χ0) is 18.0. The molecule has 7 heteroatoms. The lowest BCUT2D eigenvalue weighted by Gasteiger charge is -2.10. The fourth-order valence-corrected chi connectivity index (χ4v) is 3.94. The lowest BCUT2D eigenvalue weighted by Crippen LogP contribution is -2.24. The second-order valence-electron chi connectivity index (χ2n) is 5.64. The minimum Gasteiger partial charge on any atom is -0.463 e. The quantitative estimate of drug-likeness (QED) is 0.586. The highest BCUT2D eigenvalue weighted by Gasteiger charge is 2.19. The van der Waals surface area contributed by atoms with E-state index in [0.717, 1.165) is 10.9 Å². The van der Waals surface area contributed by atoms with Gasteiger partial charge in [-0.15, -0.1) is 0 Å². The monoisotopic (exact) mass is 365 g/mol. The largest absolute Gasteiger partial charge is 0.463 e. The number of para-hydroxylation sites is 1. The minimum absolute atomic E-state index is 0.0927. The van der Waals surface area contributed by atoms with Crippen molar-refractivity contribution in [3.05, 3.63) is 78.8 Å². The molecule has 0 unspecified atom stereocenters. The van der Waals surface area contributed by atoms with Gasteiger partial charge in [0.15, 0.2) is 5.76 Å². The number of pyridine rings is 2. The number of sulfonamides is 1. The Morgan fingerprint density at radius 1 is 0.923 bits per heavy atom. The zero-order valence-electron chi connectivity index (χ0n) is 13.7. The SMILES string of the molecule is O=S(=O)(NCc1cccnc1-c1ccco1)c1cccc2cccnc12. The molecule has 0 atom stereocenters. The Balaban J connectivity index is 1.66. The molecule has 0 saturated heterocycles. The normalized spacial score (nSPS) is 11.7. The van der Waals surface area contributed by atoms with Crippen molar-refractivity contribution in [1.82, 2.24) is 14.7 Å². The van der Waals surface area contributed by atoms with Crippen LogP contribution >= 0.6 is 0 Å². The van der Waals surface area contributed by atoms with Gasteiger partial charge in [0.1, 0.15) is 10.6 Å². The van der Waals surface area contributed by atoms with Crippen molar-refractivity contribution < 1.29 is 12.8 Å². The van der Waals surface area contributed by atoms with E-state index >= 15 is 0 Å². The maximum Gasteiger partial charge on any atom is 0.243 e. The summed E-state index contributed by atoms with van der Waals surface area (Å²) >= 11 is 0. The highest BCUT2D eigenvalue weighted by molar-refractivity contribution is 7.89.